The quantitative estimate of drug-likeness (QED) is 0.580. The van der Waals surface area contributed by atoms with Crippen LogP contribution in [0, 0.1) is 0 Å². The summed E-state index contributed by atoms with van der Waals surface area (Å²) in [7, 11) is 3.73. The van der Waals surface area contributed by atoms with E-state index < -0.39 is 0 Å². The molecule has 0 fully saturated rings. The molecule has 0 saturated carbocycles. The Labute approximate surface area is 96.7 Å². The number of benzene rings is 1. The van der Waals surface area contributed by atoms with E-state index in [1.165, 1.54) is 16.4 Å². The zero-order chi connectivity index (χ0) is 11.9. The molecule has 0 bridgehead atoms. The van der Waals surface area contributed by atoms with E-state index in [1.54, 1.807) is 0 Å². The van der Waals surface area contributed by atoms with Crippen molar-refractivity contribution in [1.29, 1.82) is 0 Å². The molecule has 1 heteroatoms. The molecule has 0 amide bonds. The molecule has 0 aromatic heterocycles. The lowest BCUT2D eigenvalue weighted by Crippen LogP contribution is -2.27. The van der Waals surface area contributed by atoms with E-state index in [0.717, 1.165) is 0 Å². The maximum Gasteiger partial charge on any atom is -0.0123 e. The minimum atomic E-state index is 0.182. The largest absolute Gasteiger partial charge is 0.0630 e. The number of rotatable bonds is 0. The number of hydrogen-bond acceptors (Lipinski definition) is 0. The lowest BCUT2D eigenvalue weighted by molar-refractivity contribution is 0.533. The third-order valence-corrected chi connectivity index (χ3v) is 3.04. The minimum Gasteiger partial charge on any atom is -0.0630 e. The lowest BCUT2D eigenvalue weighted by atomic mass is 9.75. The topological polar surface area (TPSA) is 0 Å². The maximum atomic E-state index is 3.73. The second-order valence-electron chi connectivity index (χ2n) is 6.23. The predicted octanol–water partition coefficient (Wildman–Crippen LogP) is 4.05. The molecule has 15 heavy (non-hydrogen) atoms. The summed E-state index contributed by atoms with van der Waals surface area (Å²) in [5, 5.41) is 1.22. The first-order chi connectivity index (χ1) is 6.64. The average molecular weight is 221 g/mol. The summed E-state index contributed by atoms with van der Waals surface area (Å²) in [6.07, 6.45) is 0. The van der Waals surface area contributed by atoms with E-state index in [-0.39, 0.29) is 10.8 Å². The maximum absolute atomic E-state index is 3.73. The van der Waals surface area contributed by atoms with Crippen LogP contribution < -0.4 is 5.30 Å². The second kappa shape index (κ2) is 3.91. The molecule has 1 rings (SSSR count). The van der Waals surface area contributed by atoms with Crippen molar-refractivity contribution >= 4 is 14.5 Å². The molecule has 0 aliphatic rings. The fraction of sp³-hybridized carbons (Fsp3) is 0.571. The van der Waals surface area contributed by atoms with Crippen molar-refractivity contribution in [2.75, 3.05) is 0 Å². The molecule has 0 saturated heterocycles. The van der Waals surface area contributed by atoms with Gasteiger partial charge < -0.3 is 0 Å². The van der Waals surface area contributed by atoms with Gasteiger partial charge in [0.15, 0.2) is 0 Å². The summed E-state index contributed by atoms with van der Waals surface area (Å²) in [6.45, 7) is 13.6. The summed E-state index contributed by atoms with van der Waals surface area (Å²) < 4.78 is 0. The molecular weight excluding hydrogens is 199 g/mol. The second-order valence-corrected chi connectivity index (χ2v) is 6.77. The van der Waals surface area contributed by atoms with Crippen LogP contribution in [0.1, 0.15) is 52.7 Å². The van der Waals surface area contributed by atoms with Crippen LogP contribution in [-0.4, -0.2) is 0 Å². The summed E-state index contributed by atoms with van der Waals surface area (Å²) in [4.78, 5) is 0. The molecule has 0 aliphatic heterocycles. The Morgan fingerprint density at radius 3 is 1.73 bits per heavy atom. The molecule has 0 atom stereocenters. The van der Waals surface area contributed by atoms with Gasteiger partial charge >= 0.3 is 0 Å². The van der Waals surface area contributed by atoms with Crippen molar-refractivity contribution in [2.24, 2.45) is 0 Å². The Morgan fingerprint density at radius 1 is 0.867 bits per heavy atom. The fourth-order valence-electron chi connectivity index (χ4n) is 1.99. The Morgan fingerprint density at radius 2 is 1.40 bits per heavy atom. The molecular formula is C14H22P. The minimum absolute atomic E-state index is 0.182. The van der Waals surface area contributed by atoms with E-state index >= 15 is 0 Å². The normalized spacial score (nSPS) is 13.0. The van der Waals surface area contributed by atoms with Gasteiger partial charge in [-0.1, -0.05) is 69.0 Å². The molecule has 0 unspecified atom stereocenters. The van der Waals surface area contributed by atoms with Crippen molar-refractivity contribution in [2.45, 2.75) is 52.4 Å². The van der Waals surface area contributed by atoms with E-state index in [4.69, 9.17) is 0 Å². The van der Waals surface area contributed by atoms with Gasteiger partial charge in [-0.15, -0.1) is 0 Å². The number of hydrogen-bond donors (Lipinski definition) is 0. The summed E-state index contributed by atoms with van der Waals surface area (Å²) >= 11 is 0. The Kier molecular flexibility index (Phi) is 3.31. The van der Waals surface area contributed by atoms with Gasteiger partial charge in [-0.3, -0.25) is 0 Å². The van der Waals surface area contributed by atoms with E-state index in [0.29, 0.717) is 0 Å². The highest BCUT2D eigenvalue weighted by molar-refractivity contribution is 7.27. The smallest absolute Gasteiger partial charge is 0.0123 e. The monoisotopic (exact) mass is 221 g/mol. The molecule has 1 aromatic carbocycles. The van der Waals surface area contributed by atoms with Crippen molar-refractivity contribution in [3.05, 3.63) is 29.3 Å². The molecule has 0 N–H and O–H groups in total. The highest BCUT2D eigenvalue weighted by Gasteiger charge is 2.26. The van der Waals surface area contributed by atoms with Crippen LogP contribution in [0.5, 0.6) is 0 Å². The van der Waals surface area contributed by atoms with Gasteiger partial charge in [-0.2, -0.15) is 0 Å². The van der Waals surface area contributed by atoms with Gasteiger partial charge in [0.25, 0.3) is 0 Å². The first kappa shape index (κ1) is 12.7. The fourth-order valence-corrected chi connectivity index (χ4v) is 2.59. The SMILES string of the molecule is CC(C)(C)c1cccc([PH])c1C(C)(C)C. The molecule has 0 aliphatic carbocycles. The van der Waals surface area contributed by atoms with E-state index in [2.05, 4.69) is 69.0 Å². The average Bonchev–Trinajstić information content (AvgIpc) is 1.99. The zero-order valence-corrected chi connectivity index (χ0v) is 11.7. The van der Waals surface area contributed by atoms with Gasteiger partial charge in [0.05, 0.1) is 0 Å². The van der Waals surface area contributed by atoms with Gasteiger partial charge in [-0.05, 0) is 27.3 Å². The molecule has 1 aromatic rings. The van der Waals surface area contributed by atoms with Crippen molar-refractivity contribution in [3.8, 4) is 0 Å². The zero-order valence-electron chi connectivity index (χ0n) is 10.7. The first-order valence-corrected chi connectivity index (χ1v) is 5.99. The van der Waals surface area contributed by atoms with Crippen LogP contribution in [0.15, 0.2) is 18.2 Å². The van der Waals surface area contributed by atoms with Crippen LogP contribution in [0.25, 0.3) is 0 Å². The van der Waals surface area contributed by atoms with Crippen LogP contribution in [0.2, 0.25) is 0 Å². The van der Waals surface area contributed by atoms with Crippen LogP contribution >= 0.6 is 9.24 Å². The molecule has 0 heterocycles. The van der Waals surface area contributed by atoms with Crippen molar-refractivity contribution in [3.63, 3.8) is 0 Å². The third-order valence-electron chi connectivity index (χ3n) is 2.62. The summed E-state index contributed by atoms with van der Waals surface area (Å²) in [5.41, 5.74) is 3.24. The standard InChI is InChI=1S/C14H22P/c1-13(2,3)10-8-7-9-11(15)12(10)14(4,5)6/h7-9,15H,1-6H3. The highest BCUT2D eigenvalue weighted by Crippen LogP contribution is 2.33. The van der Waals surface area contributed by atoms with Crippen LogP contribution in [0.4, 0.5) is 0 Å². The van der Waals surface area contributed by atoms with Crippen LogP contribution in [-0.2, 0) is 10.8 Å². The Hall–Kier alpha value is -0.350. The molecule has 0 nitrogen and oxygen atoms in total. The first-order valence-electron chi connectivity index (χ1n) is 5.49. The van der Waals surface area contributed by atoms with Gasteiger partial charge in [0.1, 0.15) is 0 Å². The Bertz CT molecular complexity index is 351. The van der Waals surface area contributed by atoms with Gasteiger partial charge in [0, 0.05) is 0 Å². The van der Waals surface area contributed by atoms with E-state index in [9.17, 15) is 0 Å². The Balaban J connectivity index is 3.48. The van der Waals surface area contributed by atoms with Crippen LogP contribution in [0.3, 0.4) is 0 Å². The third kappa shape index (κ3) is 2.82. The summed E-state index contributed by atoms with van der Waals surface area (Å²) in [5.74, 6) is 0. The van der Waals surface area contributed by atoms with E-state index in [1.807, 2.05) is 0 Å². The predicted molar refractivity (Wildman–Crippen MR) is 71.8 cm³/mol. The lowest BCUT2D eigenvalue weighted by Gasteiger charge is -2.31. The molecule has 83 valence electrons. The highest BCUT2D eigenvalue weighted by atomic mass is 31.0. The van der Waals surface area contributed by atoms with Crippen molar-refractivity contribution < 1.29 is 0 Å². The molecule has 1 radical (unpaired) electrons. The van der Waals surface area contributed by atoms with Gasteiger partial charge in [-0.25, -0.2) is 0 Å². The molecule has 0 spiro atoms. The van der Waals surface area contributed by atoms with Gasteiger partial charge in [0.2, 0.25) is 0 Å². The summed E-state index contributed by atoms with van der Waals surface area (Å²) in [6, 6.07) is 6.50. The van der Waals surface area contributed by atoms with Crippen molar-refractivity contribution in [1.82, 2.24) is 0 Å².